The fraction of sp³-hybridized carbons (Fsp3) is 0.111. The van der Waals surface area contributed by atoms with Crippen molar-refractivity contribution in [3.63, 3.8) is 0 Å². The summed E-state index contributed by atoms with van der Waals surface area (Å²) in [4.78, 5) is 17.1. The van der Waals surface area contributed by atoms with Gasteiger partial charge in [-0.25, -0.2) is 4.99 Å². The fourth-order valence-electron chi connectivity index (χ4n) is 2.61. The van der Waals surface area contributed by atoms with Crippen LogP contribution < -0.4 is 10.5 Å². The van der Waals surface area contributed by atoms with Crippen LogP contribution in [0.4, 0.5) is 11.4 Å². The van der Waals surface area contributed by atoms with Gasteiger partial charge in [0, 0.05) is 0 Å². The summed E-state index contributed by atoms with van der Waals surface area (Å²) in [6, 6.07) is 8.78. The quantitative estimate of drug-likeness (QED) is 0.412. The van der Waals surface area contributed by atoms with E-state index < -0.39 is 0 Å². The van der Waals surface area contributed by atoms with Crippen LogP contribution in [-0.4, -0.2) is 26.6 Å². The maximum absolute atomic E-state index is 12.2. The summed E-state index contributed by atoms with van der Waals surface area (Å²) in [5.74, 6) is -0.638. The number of anilines is 1. The number of benzene rings is 2. The SMILES string of the molecule is Cc1cc(C)cc(N=C2NC(=O)/C(=C\c3cc(Br)c(O)c(N(O)O)c3)S2)c1. The van der Waals surface area contributed by atoms with Gasteiger partial charge < -0.3 is 10.4 Å². The highest BCUT2D eigenvalue weighted by Gasteiger charge is 2.24. The molecule has 2 aromatic carbocycles. The molecule has 0 bridgehead atoms. The van der Waals surface area contributed by atoms with Gasteiger partial charge in [0.15, 0.2) is 10.9 Å². The van der Waals surface area contributed by atoms with Crippen molar-refractivity contribution in [1.29, 1.82) is 0 Å². The maximum atomic E-state index is 12.2. The molecule has 0 atom stereocenters. The molecular formula is C18H16BrN3O4S. The molecule has 0 saturated carbocycles. The molecule has 9 heteroatoms. The normalized spacial score (nSPS) is 16.9. The fourth-order valence-corrected chi connectivity index (χ4v) is 3.91. The summed E-state index contributed by atoms with van der Waals surface area (Å²) < 4.78 is 0.257. The number of aromatic hydroxyl groups is 1. The molecule has 1 aliphatic heterocycles. The zero-order chi connectivity index (χ0) is 19.7. The number of aryl methyl sites for hydroxylation is 2. The van der Waals surface area contributed by atoms with Gasteiger partial charge in [-0.05, 0) is 88.6 Å². The van der Waals surface area contributed by atoms with Gasteiger partial charge in [0.1, 0.15) is 5.69 Å². The third-order valence-electron chi connectivity index (χ3n) is 3.67. The number of phenolic OH excluding ortho intramolecular Hbond substituents is 1. The van der Waals surface area contributed by atoms with Crippen molar-refractivity contribution in [1.82, 2.24) is 5.32 Å². The smallest absolute Gasteiger partial charge is 0.264 e. The molecule has 0 spiro atoms. The molecule has 3 rings (SSSR count). The van der Waals surface area contributed by atoms with Gasteiger partial charge in [0.25, 0.3) is 5.91 Å². The van der Waals surface area contributed by atoms with Gasteiger partial charge in [-0.3, -0.25) is 15.2 Å². The first-order chi connectivity index (χ1) is 12.7. The Bertz CT molecular complexity index is 969. The van der Waals surface area contributed by atoms with E-state index in [1.807, 2.05) is 32.0 Å². The van der Waals surface area contributed by atoms with Gasteiger partial charge in [0.2, 0.25) is 0 Å². The number of aliphatic imine (C=N–C) groups is 1. The van der Waals surface area contributed by atoms with E-state index in [1.54, 1.807) is 12.1 Å². The van der Waals surface area contributed by atoms with Crippen molar-refractivity contribution >= 4 is 56.2 Å². The van der Waals surface area contributed by atoms with Crippen LogP contribution >= 0.6 is 27.7 Å². The number of rotatable bonds is 3. The molecule has 0 unspecified atom stereocenters. The molecule has 1 aliphatic rings. The van der Waals surface area contributed by atoms with Crippen LogP contribution in [0.3, 0.4) is 0 Å². The molecule has 4 N–H and O–H groups in total. The Balaban J connectivity index is 1.91. The maximum Gasteiger partial charge on any atom is 0.264 e. The molecule has 0 aliphatic carbocycles. The van der Waals surface area contributed by atoms with Crippen molar-refractivity contribution in [2.75, 3.05) is 5.23 Å². The highest BCUT2D eigenvalue weighted by molar-refractivity contribution is 9.10. The summed E-state index contributed by atoms with van der Waals surface area (Å²) in [7, 11) is 0. The van der Waals surface area contributed by atoms with Gasteiger partial charge >= 0.3 is 0 Å². The Morgan fingerprint density at radius 2 is 1.81 bits per heavy atom. The summed E-state index contributed by atoms with van der Waals surface area (Å²) in [5.41, 5.74) is 3.19. The third-order valence-corrected chi connectivity index (χ3v) is 5.18. The van der Waals surface area contributed by atoms with Crippen molar-refractivity contribution in [2.24, 2.45) is 4.99 Å². The lowest BCUT2D eigenvalue weighted by Gasteiger charge is -2.12. The Labute approximate surface area is 168 Å². The highest BCUT2D eigenvalue weighted by Crippen LogP contribution is 2.37. The average Bonchev–Trinajstić information content (AvgIpc) is 2.88. The van der Waals surface area contributed by atoms with Gasteiger partial charge in [-0.1, -0.05) is 6.07 Å². The largest absolute Gasteiger partial charge is 0.504 e. The predicted molar refractivity (Wildman–Crippen MR) is 109 cm³/mol. The van der Waals surface area contributed by atoms with E-state index in [2.05, 4.69) is 26.2 Å². The number of amidine groups is 1. The van der Waals surface area contributed by atoms with Crippen LogP contribution in [0.1, 0.15) is 16.7 Å². The van der Waals surface area contributed by atoms with Crippen LogP contribution in [0.25, 0.3) is 6.08 Å². The number of thioether (sulfide) groups is 1. The number of carbonyl (C=O) groups excluding carboxylic acids is 1. The molecule has 0 radical (unpaired) electrons. The second-order valence-corrected chi connectivity index (χ2v) is 7.87. The third kappa shape index (κ3) is 4.51. The number of hydrogen-bond acceptors (Lipinski definition) is 7. The summed E-state index contributed by atoms with van der Waals surface area (Å²) in [5, 5.41) is 31.2. The molecule has 1 heterocycles. The summed E-state index contributed by atoms with van der Waals surface area (Å²) in [6.45, 7) is 3.96. The highest BCUT2D eigenvalue weighted by atomic mass is 79.9. The minimum absolute atomic E-state index is 0.184. The van der Waals surface area contributed by atoms with Crippen LogP contribution in [0.2, 0.25) is 0 Å². The van der Waals surface area contributed by atoms with Crippen LogP contribution in [0.15, 0.2) is 44.7 Å². The zero-order valence-corrected chi connectivity index (χ0v) is 16.8. The molecule has 7 nitrogen and oxygen atoms in total. The van der Waals surface area contributed by atoms with Crippen LogP contribution in [0.5, 0.6) is 5.75 Å². The predicted octanol–water partition coefficient (Wildman–Crippen LogP) is 4.25. The molecule has 140 valence electrons. The van der Waals surface area contributed by atoms with E-state index in [1.165, 1.54) is 17.8 Å². The average molecular weight is 450 g/mol. The number of halogens is 1. The Kier molecular flexibility index (Phi) is 5.56. The first-order valence-electron chi connectivity index (χ1n) is 7.81. The van der Waals surface area contributed by atoms with E-state index in [0.717, 1.165) is 16.8 Å². The molecule has 1 amide bonds. The number of phenols is 1. The minimum Gasteiger partial charge on any atom is -0.504 e. The Hall–Kier alpha value is -2.33. The Morgan fingerprint density at radius 1 is 1.15 bits per heavy atom. The second kappa shape index (κ2) is 7.73. The monoisotopic (exact) mass is 449 g/mol. The number of nitrogens with one attached hydrogen (secondary N) is 1. The van der Waals surface area contributed by atoms with Crippen LogP contribution in [-0.2, 0) is 4.79 Å². The van der Waals surface area contributed by atoms with Crippen molar-refractivity contribution < 1.29 is 20.3 Å². The molecule has 2 aromatic rings. The lowest BCUT2D eigenvalue weighted by atomic mass is 10.1. The molecule has 27 heavy (non-hydrogen) atoms. The Morgan fingerprint density at radius 3 is 2.44 bits per heavy atom. The van der Waals surface area contributed by atoms with E-state index in [9.17, 15) is 20.3 Å². The van der Waals surface area contributed by atoms with Gasteiger partial charge in [0.05, 0.1) is 15.1 Å². The van der Waals surface area contributed by atoms with Crippen molar-refractivity contribution in [3.05, 3.63) is 56.4 Å². The summed E-state index contributed by atoms with van der Waals surface area (Å²) >= 11 is 4.32. The number of amides is 1. The minimum atomic E-state index is -0.331. The first kappa shape index (κ1) is 19.4. The van der Waals surface area contributed by atoms with Gasteiger partial charge in [-0.2, -0.15) is 0 Å². The standard InChI is InChI=1S/C18H16BrN3O4S/c1-9-3-10(2)5-12(4-9)20-18-21-17(24)15(27-18)8-11-6-13(19)16(23)14(7-11)22(25)26/h3-8,23,25-26H,1-2H3,(H,20,21,24)/b15-8+. The molecule has 1 fully saturated rings. The number of carbonyl (C=O) groups is 1. The molecule has 0 aromatic heterocycles. The molecule has 1 saturated heterocycles. The second-order valence-electron chi connectivity index (χ2n) is 5.99. The lowest BCUT2D eigenvalue weighted by molar-refractivity contribution is -0.115. The first-order valence-corrected chi connectivity index (χ1v) is 9.42. The zero-order valence-electron chi connectivity index (χ0n) is 14.4. The molecular weight excluding hydrogens is 434 g/mol. The topological polar surface area (TPSA) is 105 Å². The lowest BCUT2D eigenvalue weighted by Crippen LogP contribution is -2.19. The van der Waals surface area contributed by atoms with E-state index in [-0.39, 0.29) is 27.0 Å². The van der Waals surface area contributed by atoms with Crippen molar-refractivity contribution in [2.45, 2.75) is 13.8 Å². The van der Waals surface area contributed by atoms with E-state index in [0.29, 0.717) is 15.6 Å². The van der Waals surface area contributed by atoms with Gasteiger partial charge in [-0.15, -0.1) is 5.23 Å². The van der Waals surface area contributed by atoms with Crippen LogP contribution in [0, 0.1) is 13.8 Å². The summed E-state index contributed by atoms with van der Waals surface area (Å²) in [6.07, 6.45) is 1.57. The number of hydrogen-bond donors (Lipinski definition) is 4. The van der Waals surface area contributed by atoms with Crippen molar-refractivity contribution in [3.8, 4) is 5.75 Å². The van der Waals surface area contributed by atoms with E-state index >= 15 is 0 Å². The van der Waals surface area contributed by atoms with E-state index in [4.69, 9.17) is 0 Å². The number of nitrogens with zero attached hydrogens (tertiary/aromatic N) is 2.